The molecule has 0 aliphatic heterocycles. The predicted octanol–water partition coefficient (Wildman–Crippen LogP) is 3.48. The van der Waals surface area contributed by atoms with E-state index in [4.69, 9.17) is 12.2 Å². The van der Waals surface area contributed by atoms with Gasteiger partial charge in [-0.05, 0) is 5.41 Å². The van der Waals surface area contributed by atoms with Crippen LogP contribution in [0.5, 0.6) is 0 Å². The summed E-state index contributed by atoms with van der Waals surface area (Å²) >= 11 is 5.19. The van der Waals surface area contributed by atoms with Crippen LogP contribution in [0.15, 0.2) is 35.3 Å². The Morgan fingerprint density at radius 3 is 2.29 bits per heavy atom. The summed E-state index contributed by atoms with van der Waals surface area (Å²) in [6, 6.07) is 9.85. The van der Waals surface area contributed by atoms with Gasteiger partial charge in [0.1, 0.15) is 4.99 Å². The topological polar surface area (TPSA) is 12.4 Å². The van der Waals surface area contributed by atoms with Gasteiger partial charge in [-0.25, -0.2) is 4.99 Å². The van der Waals surface area contributed by atoms with Gasteiger partial charge in [0.05, 0.1) is 0 Å². The summed E-state index contributed by atoms with van der Waals surface area (Å²) in [5, 5.41) is 0. The number of benzene rings is 1. The normalized spacial score (nSPS) is 11.9. The van der Waals surface area contributed by atoms with Crippen LogP contribution in [0.3, 0.4) is 0 Å². The summed E-state index contributed by atoms with van der Waals surface area (Å²) < 4.78 is 0. The van der Waals surface area contributed by atoms with Crippen molar-refractivity contribution in [3.05, 3.63) is 35.9 Å². The first-order valence-electron chi connectivity index (χ1n) is 4.64. The zero-order valence-electron chi connectivity index (χ0n) is 8.82. The highest BCUT2D eigenvalue weighted by Gasteiger charge is 2.06. The summed E-state index contributed by atoms with van der Waals surface area (Å²) in [6.07, 6.45) is 1.89. The molecule has 0 aliphatic rings. The second kappa shape index (κ2) is 4.47. The van der Waals surface area contributed by atoms with Crippen molar-refractivity contribution < 1.29 is 0 Å². The highest BCUT2D eigenvalue weighted by atomic mass is 32.1. The third kappa shape index (κ3) is 3.79. The molecule has 0 unspecified atom stereocenters. The van der Waals surface area contributed by atoms with E-state index in [1.54, 1.807) is 0 Å². The van der Waals surface area contributed by atoms with Crippen LogP contribution in [0.4, 0.5) is 0 Å². The molecule has 1 aromatic rings. The van der Waals surface area contributed by atoms with Gasteiger partial charge in [-0.3, -0.25) is 0 Å². The molecule has 1 nitrogen and oxygen atoms in total. The Labute approximate surface area is 90.9 Å². The Kier molecular flexibility index (Phi) is 3.53. The lowest BCUT2D eigenvalue weighted by atomic mass is 9.99. The van der Waals surface area contributed by atoms with Crippen molar-refractivity contribution in [3.63, 3.8) is 0 Å². The maximum Gasteiger partial charge on any atom is 0.132 e. The molecule has 0 N–H and O–H groups in total. The van der Waals surface area contributed by atoms with Crippen LogP contribution in [0.2, 0.25) is 0 Å². The van der Waals surface area contributed by atoms with Gasteiger partial charge >= 0.3 is 0 Å². The molecular formula is C12H15NS. The van der Waals surface area contributed by atoms with Crippen LogP contribution in [-0.2, 0) is 0 Å². The Morgan fingerprint density at radius 2 is 1.79 bits per heavy atom. The van der Waals surface area contributed by atoms with E-state index < -0.39 is 0 Å². The van der Waals surface area contributed by atoms with Crippen molar-refractivity contribution in [3.8, 4) is 0 Å². The van der Waals surface area contributed by atoms with Crippen LogP contribution in [0, 0.1) is 5.41 Å². The van der Waals surface area contributed by atoms with E-state index in [-0.39, 0.29) is 5.41 Å². The molecule has 0 radical (unpaired) electrons. The van der Waals surface area contributed by atoms with Gasteiger partial charge in [-0.2, -0.15) is 0 Å². The van der Waals surface area contributed by atoms with Crippen molar-refractivity contribution in [1.82, 2.24) is 0 Å². The van der Waals surface area contributed by atoms with Gasteiger partial charge in [0.15, 0.2) is 0 Å². The predicted molar refractivity (Wildman–Crippen MR) is 66.1 cm³/mol. The molecule has 0 heterocycles. The Balaban J connectivity index is 2.74. The number of rotatable bonds is 1. The molecular weight excluding hydrogens is 190 g/mol. The maximum absolute atomic E-state index is 5.19. The molecule has 2 heteroatoms. The highest BCUT2D eigenvalue weighted by Crippen LogP contribution is 2.10. The van der Waals surface area contributed by atoms with Crippen molar-refractivity contribution in [1.29, 1.82) is 0 Å². The van der Waals surface area contributed by atoms with Gasteiger partial charge in [-0.15, -0.1) is 0 Å². The first-order chi connectivity index (χ1) is 6.49. The van der Waals surface area contributed by atoms with E-state index in [1.165, 1.54) is 0 Å². The van der Waals surface area contributed by atoms with Gasteiger partial charge in [0.2, 0.25) is 0 Å². The molecule has 0 bridgehead atoms. The summed E-state index contributed by atoms with van der Waals surface area (Å²) in [5.41, 5.74) is 1.08. The number of hydrogen-bond donors (Lipinski definition) is 0. The lowest BCUT2D eigenvalue weighted by molar-refractivity contribution is 0.608. The van der Waals surface area contributed by atoms with Crippen molar-refractivity contribution in [2.45, 2.75) is 20.8 Å². The molecule has 74 valence electrons. The minimum atomic E-state index is 0.0822. The Hall–Kier alpha value is -1.02. The third-order valence-electron chi connectivity index (χ3n) is 1.59. The summed E-state index contributed by atoms with van der Waals surface area (Å²) in [4.78, 5) is 4.93. The Morgan fingerprint density at radius 1 is 1.21 bits per heavy atom. The molecule has 1 rings (SSSR count). The second-order valence-corrected chi connectivity index (χ2v) is 4.68. The van der Waals surface area contributed by atoms with E-state index in [1.807, 2.05) is 36.5 Å². The van der Waals surface area contributed by atoms with Crippen molar-refractivity contribution in [2.24, 2.45) is 10.4 Å². The standard InChI is InChI=1S/C12H15NS/c1-12(2,3)9-13-11(14)10-7-5-4-6-8-10/h4-9H,1-3H3. The SMILES string of the molecule is CC(C)(C)C=NC(=S)c1ccccc1. The molecule has 0 aliphatic carbocycles. The summed E-state index contributed by atoms with van der Waals surface area (Å²) in [5.74, 6) is 0. The highest BCUT2D eigenvalue weighted by molar-refractivity contribution is 7.80. The summed E-state index contributed by atoms with van der Waals surface area (Å²) in [7, 11) is 0. The van der Waals surface area contributed by atoms with Gasteiger partial charge < -0.3 is 0 Å². The van der Waals surface area contributed by atoms with E-state index in [0.717, 1.165) is 5.56 Å². The largest absolute Gasteiger partial charge is 0.248 e. The fraction of sp³-hybridized carbons (Fsp3) is 0.333. The third-order valence-corrected chi connectivity index (χ3v) is 1.93. The van der Waals surface area contributed by atoms with Crippen molar-refractivity contribution in [2.75, 3.05) is 0 Å². The molecule has 0 fully saturated rings. The molecule has 1 aromatic carbocycles. The van der Waals surface area contributed by atoms with E-state index in [0.29, 0.717) is 4.99 Å². The molecule has 0 amide bonds. The van der Waals surface area contributed by atoms with Crippen LogP contribution >= 0.6 is 12.2 Å². The summed E-state index contributed by atoms with van der Waals surface area (Å²) in [6.45, 7) is 6.30. The molecule has 0 aromatic heterocycles. The number of thiocarbonyl (C=S) groups is 1. The minimum absolute atomic E-state index is 0.0822. The van der Waals surface area contributed by atoms with Crippen LogP contribution in [0.1, 0.15) is 26.3 Å². The molecule has 0 saturated heterocycles. The number of aliphatic imine (C=N–C) groups is 1. The average molecular weight is 205 g/mol. The smallest absolute Gasteiger partial charge is 0.132 e. The lowest BCUT2D eigenvalue weighted by Gasteiger charge is -2.09. The Bertz CT molecular complexity index is 333. The first kappa shape index (κ1) is 11.1. The fourth-order valence-electron chi connectivity index (χ4n) is 0.908. The van der Waals surface area contributed by atoms with E-state index >= 15 is 0 Å². The monoisotopic (exact) mass is 205 g/mol. The first-order valence-corrected chi connectivity index (χ1v) is 5.04. The molecule has 14 heavy (non-hydrogen) atoms. The maximum atomic E-state index is 5.19. The van der Waals surface area contributed by atoms with Crippen LogP contribution in [-0.4, -0.2) is 11.2 Å². The molecule has 0 atom stereocenters. The van der Waals surface area contributed by atoms with E-state index in [9.17, 15) is 0 Å². The number of nitrogens with zero attached hydrogens (tertiary/aromatic N) is 1. The lowest BCUT2D eigenvalue weighted by Crippen LogP contribution is -2.07. The van der Waals surface area contributed by atoms with Gasteiger partial charge in [0, 0.05) is 11.8 Å². The average Bonchev–Trinajstić information content (AvgIpc) is 2.14. The van der Waals surface area contributed by atoms with Gasteiger partial charge in [-0.1, -0.05) is 63.3 Å². The fourth-order valence-corrected chi connectivity index (χ4v) is 1.10. The molecule has 0 spiro atoms. The van der Waals surface area contributed by atoms with Crippen LogP contribution < -0.4 is 0 Å². The minimum Gasteiger partial charge on any atom is -0.248 e. The van der Waals surface area contributed by atoms with Crippen LogP contribution in [0.25, 0.3) is 0 Å². The van der Waals surface area contributed by atoms with Crippen molar-refractivity contribution >= 4 is 23.4 Å². The van der Waals surface area contributed by atoms with Gasteiger partial charge in [0.25, 0.3) is 0 Å². The zero-order chi connectivity index (χ0) is 10.6. The number of hydrogen-bond acceptors (Lipinski definition) is 1. The zero-order valence-corrected chi connectivity index (χ0v) is 9.64. The van der Waals surface area contributed by atoms with E-state index in [2.05, 4.69) is 25.8 Å². The second-order valence-electron chi connectivity index (χ2n) is 4.30. The molecule has 0 saturated carbocycles. The quantitative estimate of drug-likeness (QED) is 0.505.